The fourth-order valence-electron chi connectivity index (χ4n) is 1.45. The molecule has 2 aromatic rings. The van der Waals surface area contributed by atoms with E-state index in [0.29, 0.717) is 6.54 Å². The van der Waals surface area contributed by atoms with Crippen molar-refractivity contribution in [2.24, 2.45) is 0 Å². The second-order valence-corrected chi connectivity index (χ2v) is 4.46. The third kappa shape index (κ3) is 2.90. The third-order valence-electron chi connectivity index (χ3n) is 2.19. The number of aromatic nitrogens is 3. The standard InChI is InChI=1S/C11H13BrN4/c1-13-4-9-2-3-11(14-5-9)8-16-7-10(12)6-15-16/h2-3,5-7,13H,4,8H2,1H3. The van der Waals surface area contributed by atoms with Crippen LogP contribution in [0.15, 0.2) is 35.2 Å². The lowest BCUT2D eigenvalue weighted by atomic mass is 10.2. The third-order valence-corrected chi connectivity index (χ3v) is 2.60. The maximum absolute atomic E-state index is 4.39. The van der Waals surface area contributed by atoms with Crippen molar-refractivity contribution in [1.29, 1.82) is 0 Å². The fourth-order valence-corrected chi connectivity index (χ4v) is 1.78. The zero-order valence-electron chi connectivity index (χ0n) is 9.02. The van der Waals surface area contributed by atoms with Gasteiger partial charge in [0, 0.05) is 18.9 Å². The highest BCUT2D eigenvalue weighted by Gasteiger charge is 1.99. The van der Waals surface area contributed by atoms with E-state index in [0.717, 1.165) is 16.7 Å². The molecule has 0 amide bonds. The molecule has 0 fully saturated rings. The van der Waals surface area contributed by atoms with Gasteiger partial charge in [-0.25, -0.2) is 0 Å². The van der Waals surface area contributed by atoms with Crippen molar-refractivity contribution in [3.05, 3.63) is 46.5 Å². The SMILES string of the molecule is CNCc1ccc(Cn2cc(Br)cn2)nc1. The van der Waals surface area contributed by atoms with E-state index in [9.17, 15) is 0 Å². The van der Waals surface area contributed by atoms with E-state index in [-0.39, 0.29) is 0 Å². The van der Waals surface area contributed by atoms with Gasteiger partial charge in [0.2, 0.25) is 0 Å². The zero-order valence-corrected chi connectivity index (χ0v) is 10.6. The van der Waals surface area contributed by atoms with Crippen molar-refractivity contribution < 1.29 is 0 Å². The minimum Gasteiger partial charge on any atom is -0.316 e. The quantitative estimate of drug-likeness (QED) is 0.929. The molecule has 2 heterocycles. The average molecular weight is 281 g/mol. The molecule has 2 aromatic heterocycles. The molecule has 0 unspecified atom stereocenters. The summed E-state index contributed by atoms with van der Waals surface area (Å²) in [5, 5.41) is 7.28. The molecule has 0 radical (unpaired) electrons. The Morgan fingerprint density at radius 3 is 2.81 bits per heavy atom. The second-order valence-electron chi connectivity index (χ2n) is 3.54. The van der Waals surface area contributed by atoms with Crippen LogP contribution in [0.5, 0.6) is 0 Å². The Morgan fingerprint density at radius 2 is 2.25 bits per heavy atom. The van der Waals surface area contributed by atoms with Gasteiger partial charge in [-0.1, -0.05) is 6.07 Å². The lowest BCUT2D eigenvalue weighted by molar-refractivity contribution is 0.671. The molecule has 0 spiro atoms. The van der Waals surface area contributed by atoms with Crippen molar-refractivity contribution in [3.8, 4) is 0 Å². The van der Waals surface area contributed by atoms with Crippen LogP contribution < -0.4 is 5.32 Å². The Balaban J connectivity index is 2.05. The van der Waals surface area contributed by atoms with Crippen LogP contribution >= 0.6 is 15.9 Å². The summed E-state index contributed by atoms with van der Waals surface area (Å²) in [6, 6.07) is 4.11. The molecule has 0 aliphatic rings. The summed E-state index contributed by atoms with van der Waals surface area (Å²) in [7, 11) is 1.93. The first-order chi connectivity index (χ1) is 7.78. The molecule has 84 valence electrons. The number of pyridine rings is 1. The lowest BCUT2D eigenvalue weighted by Crippen LogP contribution is -2.07. The molecule has 0 aromatic carbocycles. The molecule has 1 N–H and O–H groups in total. The molecule has 0 aliphatic carbocycles. The summed E-state index contributed by atoms with van der Waals surface area (Å²) < 4.78 is 2.84. The van der Waals surface area contributed by atoms with Gasteiger partial charge in [0.25, 0.3) is 0 Å². The van der Waals surface area contributed by atoms with Gasteiger partial charge in [0.1, 0.15) is 0 Å². The maximum Gasteiger partial charge on any atom is 0.0831 e. The molecule has 0 bridgehead atoms. The van der Waals surface area contributed by atoms with E-state index in [4.69, 9.17) is 0 Å². The van der Waals surface area contributed by atoms with E-state index < -0.39 is 0 Å². The van der Waals surface area contributed by atoms with Crippen LogP contribution in [0.3, 0.4) is 0 Å². The van der Waals surface area contributed by atoms with Gasteiger partial charge in [-0.3, -0.25) is 9.67 Å². The highest BCUT2D eigenvalue weighted by molar-refractivity contribution is 9.10. The van der Waals surface area contributed by atoms with Crippen molar-refractivity contribution in [2.45, 2.75) is 13.1 Å². The molecule has 5 heteroatoms. The minimum absolute atomic E-state index is 0.700. The van der Waals surface area contributed by atoms with Crippen LogP contribution in [-0.2, 0) is 13.1 Å². The number of nitrogens with zero attached hydrogens (tertiary/aromatic N) is 3. The van der Waals surface area contributed by atoms with E-state index in [1.165, 1.54) is 5.56 Å². The largest absolute Gasteiger partial charge is 0.316 e. The number of hydrogen-bond acceptors (Lipinski definition) is 3. The lowest BCUT2D eigenvalue weighted by Gasteiger charge is -2.03. The van der Waals surface area contributed by atoms with E-state index in [1.54, 1.807) is 6.20 Å². The normalized spacial score (nSPS) is 10.6. The summed E-state index contributed by atoms with van der Waals surface area (Å²) >= 11 is 3.37. The van der Waals surface area contributed by atoms with Crippen molar-refractivity contribution in [3.63, 3.8) is 0 Å². The Labute approximate surface area is 103 Å². The number of hydrogen-bond donors (Lipinski definition) is 1. The molecule has 16 heavy (non-hydrogen) atoms. The Bertz CT molecular complexity index is 449. The van der Waals surface area contributed by atoms with Gasteiger partial charge >= 0.3 is 0 Å². The summed E-state index contributed by atoms with van der Waals surface area (Å²) in [5.74, 6) is 0. The van der Waals surface area contributed by atoms with Gasteiger partial charge in [-0.2, -0.15) is 5.10 Å². The Kier molecular flexibility index (Phi) is 3.69. The van der Waals surface area contributed by atoms with Crippen LogP contribution in [0.2, 0.25) is 0 Å². The number of rotatable bonds is 4. The van der Waals surface area contributed by atoms with Crippen molar-refractivity contribution >= 4 is 15.9 Å². The van der Waals surface area contributed by atoms with Gasteiger partial charge in [0.15, 0.2) is 0 Å². The van der Waals surface area contributed by atoms with E-state index >= 15 is 0 Å². The van der Waals surface area contributed by atoms with Gasteiger partial charge in [-0.05, 0) is 34.6 Å². The minimum atomic E-state index is 0.700. The molecular weight excluding hydrogens is 268 g/mol. The van der Waals surface area contributed by atoms with Crippen LogP contribution in [0, 0.1) is 0 Å². The van der Waals surface area contributed by atoms with Gasteiger partial charge < -0.3 is 5.32 Å². The first-order valence-electron chi connectivity index (χ1n) is 5.04. The number of nitrogens with one attached hydrogen (secondary N) is 1. The number of halogens is 1. The molecule has 2 rings (SSSR count). The summed E-state index contributed by atoms with van der Waals surface area (Å²) in [6.45, 7) is 1.55. The predicted octanol–water partition coefficient (Wildman–Crippen LogP) is 1.81. The van der Waals surface area contributed by atoms with Gasteiger partial charge in [-0.15, -0.1) is 0 Å². The highest BCUT2D eigenvalue weighted by atomic mass is 79.9. The first-order valence-corrected chi connectivity index (χ1v) is 5.83. The van der Waals surface area contributed by atoms with E-state index in [2.05, 4.69) is 37.4 Å². The van der Waals surface area contributed by atoms with Crippen LogP contribution in [0.4, 0.5) is 0 Å². The van der Waals surface area contributed by atoms with Crippen LogP contribution in [-0.4, -0.2) is 21.8 Å². The predicted molar refractivity (Wildman–Crippen MR) is 66.0 cm³/mol. The molecule has 0 atom stereocenters. The van der Waals surface area contributed by atoms with Crippen molar-refractivity contribution in [2.75, 3.05) is 7.05 Å². The Morgan fingerprint density at radius 1 is 1.38 bits per heavy atom. The van der Waals surface area contributed by atoms with Gasteiger partial charge in [0.05, 0.1) is 22.9 Å². The first kappa shape index (κ1) is 11.3. The summed E-state index contributed by atoms with van der Waals surface area (Å²) in [5.41, 5.74) is 2.20. The molecule has 0 aliphatic heterocycles. The maximum atomic E-state index is 4.39. The zero-order chi connectivity index (χ0) is 11.4. The summed E-state index contributed by atoms with van der Waals surface area (Å²) in [4.78, 5) is 4.39. The van der Waals surface area contributed by atoms with Crippen LogP contribution in [0.1, 0.15) is 11.3 Å². The fraction of sp³-hybridized carbons (Fsp3) is 0.273. The molecule has 4 nitrogen and oxygen atoms in total. The molecule has 0 saturated carbocycles. The second kappa shape index (κ2) is 5.23. The van der Waals surface area contributed by atoms with E-state index in [1.807, 2.05) is 30.2 Å². The highest BCUT2D eigenvalue weighted by Crippen LogP contribution is 2.08. The van der Waals surface area contributed by atoms with Crippen molar-refractivity contribution in [1.82, 2.24) is 20.1 Å². The molecule has 0 saturated heterocycles. The van der Waals surface area contributed by atoms with Crippen LogP contribution in [0.25, 0.3) is 0 Å². The topological polar surface area (TPSA) is 42.7 Å². The average Bonchev–Trinajstić information content (AvgIpc) is 2.67. The summed E-state index contributed by atoms with van der Waals surface area (Å²) in [6.07, 6.45) is 5.60. The smallest absolute Gasteiger partial charge is 0.0831 e. The Hall–Kier alpha value is -1.20. The monoisotopic (exact) mass is 280 g/mol. The molecular formula is C11H13BrN4.